The third kappa shape index (κ3) is 3.09. The van der Waals surface area contributed by atoms with E-state index in [9.17, 15) is 0 Å². The van der Waals surface area contributed by atoms with E-state index in [1.54, 1.807) is 11.3 Å². The quantitative estimate of drug-likeness (QED) is 0.798. The highest BCUT2D eigenvalue weighted by Crippen LogP contribution is 2.21. The molecule has 0 radical (unpaired) electrons. The van der Waals surface area contributed by atoms with Crippen molar-refractivity contribution in [3.05, 3.63) is 50.6 Å². The Labute approximate surface area is 108 Å². The molecule has 2 rings (SSSR count). The predicted octanol–water partition coefficient (Wildman–Crippen LogP) is 4.65. The predicted molar refractivity (Wildman–Crippen MR) is 72.2 cm³/mol. The second-order valence-corrected chi connectivity index (χ2v) is 5.43. The maximum atomic E-state index is 5.69. The van der Waals surface area contributed by atoms with E-state index in [-0.39, 0.29) is 0 Å². The molecular formula is C13H13BrOS. The molecule has 0 saturated heterocycles. The number of hydrogen-bond donors (Lipinski definition) is 0. The molecule has 1 aromatic carbocycles. The fraction of sp³-hybridized carbons (Fsp3) is 0.231. The molecule has 2 aromatic rings. The molecule has 0 atom stereocenters. The van der Waals surface area contributed by atoms with Gasteiger partial charge in [-0.3, -0.25) is 0 Å². The van der Waals surface area contributed by atoms with Crippen molar-refractivity contribution >= 4 is 27.3 Å². The molecule has 1 nitrogen and oxygen atoms in total. The first kappa shape index (κ1) is 11.7. The largest absolute Gasteiger partial charge is 0.488 e. The van der Waals surface area contributed by atoms with Gasteiger partial charge in [0.2, 0.25) is 0 Å². The lowest BCUT2D eigenvalue weighted by atomic mass is 10.2. The number of thiophene rings is 1. The lowest BCUT2D eigenvalue weighted by molar-refractivity contribution is 0.309. The van der Waals surface area contributed by atoms with Crippen LogP contribution in [0.25, 0.3) is 0 Å². The van der Waals surface area contributed by atoms with Crippen molar-refractivity contribution in [1.29, 1.82) is 0 Å². The summed E-state index contributed by atoms with van der Waals surface area (Å²) in [6.07, 6.45) is 1.07. The highest BCUT2D eigenvalue weighted by Gasteiger charge is 1.99. The Bertz CT molecular complexity index is 447. The molecule has 0 aliphatic rings. The van der Waals surface area contributed by atoms with Crippen molar-refractivity contribution in [1.82, 2.24) is 0 Å². The summed E-state index contributed by atoms with van der Waals surface area (Å²) in [5.74, 6) is 0.932. The summed E-state index contributed by atoms with van der Waals surface area (Å²) in [7, 11) is 0. The van der Waals surface area contributed by atoms with E-state index in [1.807, 2.05) is 12.1 Å². The maximum absolute atomic E-state index is 5.69. The average Bonchev–Trinajstić information content (AvgIpc) is 2.73. The molecule has 0 amide bonds. The van der Waals surface area contributed by atoms with E-state index in [0.29, 0.717) is 6.61 Å². The van der Waals surface area contributed by atoms with Crippen LogP contribution in [-0.4, -0.2) is 0 Å². The van der Waals surface area contributed by atoms with Crippen LogP contribution < -0.4 is 4.74 Å². The zero-order valence-corrected chi connectivity index (χ0v) is 11.5. The molecule has 0 saturated carbocycles. The van der Waals surface area contributed by atoms with Crippen LogP contribution in [0, 0.1) is 0 Å². The molecule has 0 N–H and O–H groups in total. The van der Waals surface area contributed by atoms with Crippen LogP contribution in [0.4, 0.5) is 0 Å². The summed E-state index contributed by atoms with van der Waals surface area (Å²) >= 11 is 5.14. The van der Waals surface area contributed by atoms with E-state index in [4.69, 9.17) is 4.74 Å². The second kappa shape index (κ2) is 5.51. The number of hydrogen-bond acceptors (Lipinski definition) is 2. The summed E-state index contributed by atoms with van der Waals surface area (Å²) in [4.78, 5) is 1.23. The highest BCUT2D eigenvalue weighted by atomic mass is 79.9. The van der Waals surface area contributed by atoms with Crippen molar-refractivity contribution in [2.45, 2.75) is 20.0 Å². The molecule has 16 heavy (non-hydrogen) atoms. The van der Waals surface area contributed by atoms with Gasteiger partial charge in [-0.05, 0) is 46.1 Å². The summed E-state index contributed by atoms with van der Waals surface area (Å²) in [5.41, 5.74) is 1.34. The monoisotopic (exact) mass is 296 g/mol. The van der Waals surface area contributed by atoms with Crippen molar-refractivity contribution in [3.63, 3.8) is 0 Å². The molecule has 0 fully saturated rings. The topological polar surface area (TPSA) is 9.23 Å². The van der Waals surface area contributed by atoms with E-state index in [0.717, 1.165) is 16.6 Å². The van der Waals surface area contributed by atoms with Crippen molar-refractivity contribution in [2.75, 3.05) is 0 Å². The Morgan fingerprint density at radius 2 is 2.00 bits per heavy atom. The van der Waals surface area contributed by atoms with Gasteiger partial charge >= 0.3 is 0 Å². The van der Waals surface area contributed by atoms with Crippen LogP contribution in [0.3, 0.4) is 0 Å². The zero-order chi connectivity index (χ0) is 11.4. The number of halogens is 1. The normalized spacial score (nSPS) is 10.4. The second-order valence-electron chi connectivity index (χ2n) is 3.52. The molecule has 0 bridgehead atoms. The van der Waals surface area contributed by atoms with Gasteiger partial charge in [-0.2, -0.15) is 0 Å². The minimum Gasteiger partial charge on any atom is -0.488 e. The van der Waals surface area contributed by atoms with E-state index in [2.05, 4.69) is 46.4 Å². The first-order valence-corrected chi connectivity index (χ1v) is 6.90. The molecule has 0 unspecified atom stereocenters. The summed E-state index contributed by atoms with van der Waals surface area (Å²) in [6, 6.07) is 10.4. The van der Waals surface area contributed by atoms with Gasteiger partial charge in [-0.15, -0.1) is 11.3 Å². The number of benzene rings is 1. The molecule has 0 aliphatic carbocycles. The standard InChI is InChI=1S/C13H13BrOS/c1-2-10-3-5-12(6-4-10)15-8-13-7-11(14)9-16-13/h3-7,9H,2,8H2,1H3. The number of rotatable bonds is 4. The van der Waals surface area contributed by atoms with Crippen LogP contribution in [0.5, 0.6) is 5.75 Å². The van der Waals surface area contributed by atoms with Gasteiger partial charge in [0.1, 0.15) is 12.4 Å². The Balaban J connectivity index is 1.94. The summed E-state index contributed by atoms with van der Waals surface area (Å²) in [6.45, 7) is 2.79. The van der Waals surface area contributed by atoms with E-state index in [1.165, 1.54) is 10.4 Å². The van der Waals surface area contributed by atoms with Crippen molar-refractivity contribution in [2.24, 2.45) is 0 Å². The highest BCUT2D eigenvalue weighted by molar-refractivity contribution is 9.10. The van der Waals surface area contributed by atoms with Crippen molar-refractivity contribution < 1.29 is 4.74 Å². The number of ether oxygens (including phenoxy) is 1. The SMILES string of the molecule is CCc1ccc(OCc2cc(Br)cs2)cc1. The van der Waals surface area contributed by atoms with Gasteiger partial charge in [0.15, 0.2) is 0 Å². The van der Waals surface area contributed by atoms with Crippen molar-refractivity contribution in [3.8, 4) is 5.75 Å². The lowest BCUT2D eigenvalue weighted by Crippen LogP contribution is -1.92. The average molecular weight is 297 g/mol. The first-order valence-electron chi connectivity index (χ1n) is 5.22. The molecule has 0 aliphatic heterocycles. The first-order chi connectivity index (χ1) is 7.78. The van der Waals surface area contributed by atoms with Crippen LogP contribution in [0.15, 0.2) is 40.2 Å². The van der Waals surface area contributed by atoms with Crippen LogP contribution >= 0.6 is 27.3 Å². The van der Waals surface area contributed by atoms with Crippen LogP contribution in [-0.2, 0) is 13.0 Å². The minimum absolute atomic E-state index is 0.641. The Morgan fingerprint density at radius 3 is 2.56 bits per heavy atom. The Hall–Kier alpha value is -0.800. The summed E-state index contributed by atoms with van der Waals surface area (Å²) in [5, 5.41) is 2.07. The fourth-order valence-electron chi connectivity index (χ4n) is 1.41. The fourth-order valence-corrected chi connectivity index (χ4v) is 2.77. The van der Waals surface area contributed by atoms with Gasteiger partial charge in [-0.1, -0.05) is 19.1 Å². The molecule has 1 heterocycles. The van der Waals surface area contributed by atoms with Crippen LogP contribution in [0.2, 0.25) is 0 Å². The molecule has 1 aromatic heterocycles. The third-order valence-corrected chi connectivity index (χ3v) is 4.01. The molecular weight excluding hydrogens is 284 g/mol. The van der Waals surface area contributed by atoms with Gasteiger partial charge < -0.3 is 4.74 Å². The van der Waals surface area contributed by atoms with Gasteiger partial charge in [0, 0.05) is 14.7 Å². The van der Waals surface area contributed by atoms with Gasteiger partial charge in [-0.25, -0.2) is 0 Å². The Morgan fingerprint density at radius 1 is 1.25 bits per heavy atom. The number of aryl methyl sites for hydroxylation is 1. The minimum atomic E-state index is 0.641. The van der Waals surface area contributed by atoms with Crippen LogP contribution in [0.1, 0.15) is 17.4 Å². The smallest absolute Gasteiger partial charge is 0.122 e. The van der Waals surface area contributed by atoms with Gasteiger partial charge in [0.25, 0.3) is 0 Å². The van der Waals surface area contributed by atoms with Gasteiger partial charge in [0.05, 0.1) is 0 Å². The maximum Gasteiger partial charge on any atom is 0.122 e. The zero-order valence-electron chi connectivity index (χ0n) is 9.07. The summed E-state index contributed by atoms with van der Waals surface area (Å²) < 4.78 is 6.82. The third-order valence-electron chi connectivity index (χ3n) is 2.33. The molecule has 3 heteroatoms. The molecule has 84 valence electrons. The molecule has 0 spiro atoms. The lowest BCUT2D eigenvalue weighted by Gasteiger charge is -2.05. The van der Waals surface area contributed by atoms with E-state index >= 15 is 0 Å². The van der Waals surface area contributed by atoms with E-state index < -0.39 is 0 Å². The Kier molecular flexibility index (Phi) is 4.02.